The molecule has 1 heterocycles. The van der Waals surface area contributed by atoms with Gasteiger partial charge in [0.2, 0.25) is 0 Å². The van der Waals surface area contributed by atoms with Crippen LogP contribution >= 0.6 is 0 Å². The van der Waals surface area contributed by atoms with Crippen LogP contribution in [0.25, 0.3) is 5.69 Å². The van der Waals surface area contributed by atoms with Gasteiger partial charge in [0.1, 0.15) is 5.82 Å². The van der Waals surface area contributed by atoms with E-state index in [9.17, 15) is 13.2 Å². The van der Waals surface area contributed by atoms with E-state index in [4.69, 9.17) is 0 Å². The lowest BCUT2D eigenvalue weighted by Crippen LogP contribution is -2.14. The Bertz CT molecular complexity index is 529. The van der Waals surface area contributed by atoms with Gasteiger partial charge in [0.25, 0.3) is 0 Å². The lowest BCUT2D eigenvalue weighted by Gasteiger charge is -2.14. The van der Waals surface area contributed by atoms with Gasteiger partial charge in [-0.25, -0.2) is 4.68 Å². The zero-order valence-corrected chi connectivity index (χ0v) is 9.94. The first-order chi connectivity index (χ1) is 8.39. The van der Waals surface area contributed by atoms with Crippen molar-refractivity contribution >= 4 is 5.82 Å². The van der Waals surface area contributed by atoms with Crippen LogP contribution in [0.15, 0.2) is 36.4 Å². The monoisotopic (exact) mass is 255 g/mol. The molecule has 0 atom stereocenters. The fourth-order valence-electron chi connectivity index (χ4n) is 1.59. The molecule has 0 amide bonds. The summed E-state index contributed by atoms with van der Waals surface area (Å²) in [5, 5.41) is 3.62. The average molecular weight is 255 g/mol. The number of alkyl halides is 3. The van der Waals surface area contributed by atoms with Crippen molar-refractivity contribution in [2.75, 3.05) is 19.0 Å². The zero-order chi connectivity index (χ0) is 13.3. The maximum Gasteiger partial charge on any atom is 0.435 e. The van der Waals surface area contributed by atoms with Crippen LogP contribution in [0.2, 0.25) is 0 Å². The minimum Gasteiger partial charge on any atom is -0.363 e. The normalized spacial score (nSPS) is 11.6. The molecule has 0 fully saturated rings. The molecule has 0 aliphatic rings. The Morgan fingerprint density at radius 3 is 2.22 bits per heavy atom. The van der Waals surface area contributed by atoms with Crippen LogP contribution in [0.1, 0.15) is 5.69 Å². The van der Waals surface area contributed by atoms with Crippen LogP contribution in [0.4, 0.5) is 19.0 Å². The molecule has 18 heavy (non-hydrogen) atoms. The maximum absolute atomic E-state index is 12.7. The number of anilines is 1. The number of halogens is 3. The summed E-state index contributed by atoms with van der Waals surface area (Å²) in [4.78, 5) is 1.59. The molecule has 0 spiro atoms. The topological polar surface area (TPSA) is 21.1 Å². The number of benzene rings is 1. The maximum atomic E-state index is 12.7. The molecule has 1 aromatic carbocycles. The van der Waals surface area contributed by atoms with E-state index in [1.165, 1.54) is 4.68 Å². The summed E-state index contributed by atoms with van der Waals surface area (Å²) in [6.07, 6.45) is -4.44. The Hall–Kier alpha value is -1.98. The Morgan fingerprint density at radius 2 is 1.72 bits per heavy atom. The van der Waals surface area contributed by atoms with Crippen molar-refractivity contribution in [2.24, 2.45) is 0 Å². The molecule has 0 radical (unpaired) electrons. The second-order valence-electron chi connectivity index (χ2n) is 4.03. The van der Waals surface area contributed by atoms with Crippen LogP contribution in [0, 0.1) is 0 Å². The average Bonchev–Trinajstić information content (AvgIpc) is 2.74. The summed E-state index contributed by atoms with van der Waals surface area (Å²) < 4.78 is 39.3. The molecule has 0 saturated heterocycles. The first-order valence-corrected chi connectivity index (χ1v) is 5.29. The molecule has 0 bridgehead atoms. The largest absolute Gasteiger partial charge is 0.435 e. The third-order valence-electron chi connectivity index (χ3n) is 2.44. The van der Waals surface area contributed by atoms with E-state index in [0.29, 0.717) is 11.5 Å². The van der Waals surface area contributed by atoms with Gasteiger partial charge in [0.15, 0.2) is 5.69 Å². The van der Waals surface area contributed by atoms with Gasteiger partial charge in [-0.15, -0.1) is 0 Å². The Labute approximate surface area is 102 Å². The van der Waals surface area contributed by atoms with Crippen molar-refractivity contribution in [3.63, 3.8) is 0 Å². The molecule has 2 aromatic rings. The predicted molar refractivity (Wildman–Crippen MR) is 62.9 cm³/mol. The van der Waals surface area contributed by atoms with Gasteiger partial charge < -0.3 is 4.90 Å². The summed E-state index contributed by atoms with van der Waals surface area (Å²) in [5.74, 6) is 0.383. The minimum absolute atomic E-state index is 0.383. The van der Waals surface area contributed by atoms with Gasteiger partial charge in [0, 0.05) is 20.2 Å². The van der Waals surface area contributed by atoms with Crippen molar-refractivity contribution in [3.8, 4) is 5.69 Å². The fourth-order valence-corrected chi connectivity index (χ4v) is 1.59. The molecule has 0 unspecified atom stereocenters. The second kappa shape index (κ2) is 4.36. The quantitative estimate of drug-likeness (QED) is 0.822. The fraction of sp³-hybridized carbons (Fsp3) is 0.250. The number of rotatable bonds is 2. The predicted octanol–water partition coefficient (Wildman–Crippen LogP) is 2.96. The minimum atomic E-state index is -4.44. The smallest absolute Gasteiger partial charge is 0.363 e. The number of para-hydroxylation sites is 1. The van der Waals surface area contributed by atoms with E-state index in [2.05, 4.69) is 5.10 Å². The van der Waals surface area contributed by atoms with Crippen LogP contribution in [0.3, 0.4) is 0 Å². The summed E-state index contributed by atoms with van der Waals surface area (Å²) in [6.45, 7) is 0. The summed E-state index contributed by atoms with van der Waals surface area (Å²) in [6, 6.07) is 9.76. The summed E-state index contributed by atoms with van der Waals surface area (Å²) >= 11 is 0. The molecule has 6 heteroatoms. The summed E-state index contributed by atoms with van der Waals surface area (Å²) in [7, 11) is 3.35. The highest BCUT2D eigenvalue weighted by molar-refractivity contribution is 5.47. The van der Waals surface area contributed by atoms with Gasteiger partial charge in [-0.05, 0) is 12.1 Å². The highest BCUT2D eigenvalue weighted by Gasteiger charge is 2.35. The molecule has 1 aromatic heterocycles. The van der Waals surface area contributed by atoms with E-state index in [0.717, 1.165) is 6.07 Å². The molecular formula is C12H12F3N3. The van der Waals surface area contributed by atoms with E-state index in [1.54, 1.807) is 49.3 Å². The molecular weight excluding hydrogens is 243 g/mol. The third-order valence-corrected chi connectivity index (χ3v) is 2.44. The SMILES string of the molecule is CN(C)c1cc(C(F)(F)F)nn1-c1ccccc1. The molecule has 0 N–H and O–H groups in total. The number of aromatic nitrogens is 2. The van der Waals surface area contributed by atoms with E-state index >= 15 is 0 Å². The molecule has 0 saturated carbocycles. The Balaban J connectivity index is 2.56. The molecule has 96 valence electrons. The van der Waals surface area contributed by atoms with Crippen molar-refractivity contribution in [3.05, 3.63) is 42.1 Å². The Morgan fingerprint density at radius 1 is 1.11 bits per heavy atom. The van der Waals surface area contributed by atoms with Crippen LogP contribution in [0.5, 0.6) is 0 Å². The Kier molecular flexibility index (Phi) is 3.02. The van der Waals surface area contributed by atoms with Gasteiger partial charge in [-0.2, -0.15) is 18.3 Å². The number of hydrogen-bond donors (Lipinski definition) is 0. The summed E-state index contributed by atoms with van der Waals surface area (Å²) in [5.41, 5.74) is -0.299. The van der Waals surface area contributed by atoms with Crippen LogP contribution in [-0.2, 0) is 6.18 Å². The first-order valence-electron chi connectivity index (χ1n) is 5.29. The van der Waals surface area contributed by atoms with E-state index in [1.807, 2.05) is 0 Å². The lowest BCUT2D eigenvalue weighted by molar-refractivity contribution is -0.141. The highest BCUT2D eigenvalue weighted by Crippen LogP contribution is 2.31. The first kappa shape index (κ1) is 12.5. The van der Waals surface area contributed by atoms with Gasteiger partial charge in [0.05, 0.1) is 5.69 Å². The number of nitrogens with zero attached hydrogens (tertiary/aromatic N) is 3. The van der Waals surface area contributed by atoms with Gasteiger partial charge >= 0.3 is 6.18 Å². The molecule has 0 aliphatic carbocycles. The van der Waals surface area contributed by atoms with Crippen molar-refractivity contribution in [1.29, 1.82) is 0 Å². The van der Waals surface area contributed by atoms with Crippen LogP contribution < -0.4 is 4.90 Å². The van der Waals surface area contributed by atoms with Crippen molar-refractivity contribution < 1.29 is 13.2 Å². The molecule has 0 aliphatic heterocycles. The number of hydrogen-bond acceptors (Lipinski definition) is 2. The van der Waals surface area contributed by atoms with E-state index < -0.39 is 11.9 Å². The van der Waals surface area contributed by atoms with Crippen LogP contribution in [-0.4, -0.2) is 23.9 Å². The second-order valence-corrected chi connectivity index (χ2v) is 4.03. The standard InChI is InChI=1S/C12H12F3N3/c1-17(2)11-8-10(12(13,14)15)16-18(11)9-6-4-3-5-7-9/h3-8H,1-2H3. The lowest BCUT2D eigenvalue weighted by atomic mass is 10.3. The van der Waals surface area contributed by atoms with Crippen molar-refractivity contribution in [1.82, 2.24) is 9.78 Å². The zero-order valence-electron chi connectivity index (χ0n) is 9.94. The molecule has 2 rings (SSSR count). The van der Waals surface area contributed by atoms with Gasteiger partial charge in [-0.3, -0.25) is 0 Å². The molecule has 3 nitrogen and oxygen atoms in total. The van der Waals surface area contributed by atoms with E-state index in [-0.39, 0.29) is 0 Å². The van der Waals surface area contributed by atoms with Gasteiger partial charge in [-0.1, -0.05) is 18.2 Å². The third kappa shape index (κ3) is 2.32. The van der Waals surface area contributed by atoms with Crippen molar-refractivity contribution in [2.45, 2.75) is 6.18 Å². The highest BCUT2D eigenvalue weighted by atomic mass is 19.4.